The Hall–Kier alpha value is -2.31. The molecule has 1 aromatic carbocycles. The van der Waals surface area contributed by atoms with Gasteiger partial charge in [-0.15, -0.1) is 0 Å². The Morgan fingerprint density at radius 2 is 1.71 bits per heavy atom. The molecule has 0 bridgehead atoms. The van der Waals surface area contributed by atoms with Gasteiger partial charge >= 0.3 is 0 Å². The second-order valence-corrected chi connectivity index (χ2v) is 4.90. The Kier molecular flexibility index (Phi) is 3.40. The highest BCUT2D eigenvalue weighted by Crippen LogP contribution is 2.40. The molecular formula is C14H13F3N4. The monoisotopic (exact) mass is 294 g/mol. The first-order valence-electron chi connectivity index (χ1n) is 6.55. The van der Waals surface area contributed by atoms with Crippen LogP contribution in [0.15, 0.2) is 18.2 Å². The normalized spacial score (nSPS) is 14.1. The standard InChI is InChI=1S/C14H13F3N4/c1-18-14-19-11(7-2-3-7)6-12(21-14)20-13-9(16)4-8(15)5-10(13)17/h4-7H,2-3H2,1H3,(H2,18,19,20,21). The predicted octanol–water partition coefficient (Wildman–Crippen LogP) is 3.56. The molecule has 0 atom stereocenters. The zero-order valence-corrected chi connectivity index (χ0v) is 11.3. The van der Waals surface area contributed by atoms with E-state index in [2.05, 4.69) is 20.6 Å². The molecule has 4 nitrogen and oxygen atoms in total. The fraction of sp³-hybridized carbons (Fsp3) is 0.286. The van der Waals surface area contributed by atoms with Crippen LogP contribution >= 0.6 is 0 Å². The molecule has 1 aliphatic carbocycles. The fourth-order valence-corrected chi connectivity index (χ4v) is 2.02. The van der Waals surface area contributed by atoms with Crippen molar-refractivity contribution in [3.8, 4) is 0 Å². The molecule has 1 aromatic heterocycles. The molecule has 0 radical (unpaired) electrons. The molecule has 0 unspecified atom stereocenters. The van der Waals surface area contributed by atoms with Crippen LogP contribution in [-0.4, -0.2) is 17.0 Å². The predicted molar refractivity (Wildman–Crippen MR) is 73.2 cm³/mol. The van der Waals surface area contributed by atoms with Crippen LogP contribution in [0.4, 0.5) is 30.6 Å². The third-order valence-corrected chi connectivity index (χ3v) is 3.23. The van der Waals surface area contributed by atoms with E-state index in [0.29, 0.717) is 24.0 Å². The summed E-state index contributed by atoms with van der Waals surface area (Å²) in [6, 6.07) is 2.89. The van der Waals surface area contributed by atoms with Crippen LogP contribution in [0.1, 0.15) is 24.5 Å². The van der Waals surface area contributed by atoms with E-state index >= 15 is 0 Å². The Bertz CT molecular complexity index is 663. The number of nitrogens with zero attached hydrogens (tertiary/aromatic N) is 2. The van der Waals surface area contributed by atoms with Gasteiger partial charge < -0.3 is 10.6 Å². The lowest BCUT2D eigenvalue weighted by Crippen LogP contribution is -2.05. The molecule has 0 amide bonds. The van der Waals surface area contributed by atoms with Crippen molar-refractivity contribution in [3.63, 3.8) is 0 Å². The second-order valence-electron chi connectivity index (χ2n) is 4.90. The third-order valence-electron chi connectivity index (χ3n) is 3.23. The highest BCUT2D eigenvalue weighted by atomic mass is 19.1. The summed E-state index contributed by atoms with van der Waals surface area (Å²) < 4.78 is 40.2. The number of benzene rings is 1. The topological polar surface area (TPSA) is 49.8 Å². The van der Waals surface area contributed by atoms with Gasteiger partial charge in [-0.1, -0.05) is 0 Å². The van der Waals surface area contributed by atoms with Gasteiger partial charge in [0.2, 0.25) is 5.95 Å². The zero-order valence-electron chi connectivity index (χ0n) is 11.3. The zero-order chi connectivity index (χ0) is 15.0. The minimum atomic E-state index is -1.01. The molecule has 21 heavy (non-hydrogen) atoms. The van der Waals surface area contributed by atoms with E-state index in [0.717, 1.165) is 18.5 Å². The van der Waals surface area contributed by atoms with E-state index in [1.54, 1.807) is 13.1 Å². The van der Waals surface area contributed by atoms with Gasteiger partial charge in [-0.2, -0.15) is 4.98 Å². The smallest absolute Gasteiger partial charge is 0.224 e. The number of rotatable bonds is 4. The number of aromatic nitrogens is 2. The average Bonchev–Trinajstić information content (AvgIpc) is 3.27. The van der Waals surface area contributed by atoms with E-state index in [1.165, 1.54) is 0 Å². The minimum absolute atomic E-state index is 0.264. The molecule has 2 aromatic rings. The lowest BCUT2D eigenvalue weighted by molar-refractivity contribution is 0.548. The number of halogens is 3. The van der Waals surface area contributed by atoms with Crippen molar-refractivity contribution < 1.29 is 13.2 Å². The van der Waals surface area contributed by atoms with Gasteiger partial charge in [0.05, 0.1) is 5.69 Å². The van der Waals surface area contributed by atoms with Crippen molar-refractivity contribution >= 4 is 17.5 Å². The lowest BCUT2D eigenvalue weighted by atomic mass is 10.2. The van der Waals surface area contributed by atoms with Gasteiger partial charge in [0.25, 0.3) is 0 Å². The van der Waals surface area contributed by atoms with Crippen molar-refractivity contribution in [2.45, 2.75) is 18.8 Å². The number of nitrogens with one attached hydrogen (secondary N) is 2. The van der Waals surface area contributed by atoms with Gasteiger partial charge in [-0.05, 0) is 12.8 Å². The second kappa shape index (κ2) is 5.23. The van der Waals surface area contributed by atoms with Crippen molar-refractivity contribution in [2.24, 2.45) is 0 Å². The van der Waals surface area contributed by atoms with E-state index in [4.69, 9.17) is 0 Å². The Morgan fingerprint density at radius 1 is 1.05 bits per heavy atom. The SMILES string of the molecule is CNc1nc(Nc2c(F)cc(F)cc2F)cc(C2CC2)n1. The number of anilines is 3. The quantitative estimate of drug-likeness (QED) is 0.905. The first kappa shape index (κ1) is 13.7. The summed E-state index contributed by atoms with van der Waals surface area (Å²) >= 11 is 0. The molecule has 2 N–H and O–H groups in total. The van der Waals surface area contributed by atoms with E-state index in [-0.39, 0.29) is 5.82 Å². The molecule has 0 aliphatic heterocycles. The number of hydrogen-bond acceptors (Lipinski definition) is 4. The average molecular weight is 294 g/mol. The summed E-state index contributed by atoms with van der Waals surface area (Å²) in [5, 5.41) is 5.36. The van der Waals surface area contributed by atoms with Gasteiger partial charge in [-0.25, -0.2) is 18.2 Å². The van der Waals surface area contributed by atoms with Crippen molar-refractivity contribution in [1.29, 1.82) is 0 Å². The largest absolute Gasteiger partial charge is 0.357 e. The molecule has 1 aliphatic rings. The summed E-state index contributed by atoms with van der Waals surface area (Å²) in [6.07, 6.45) is 2.08. The van der Waals surface area contributed by atoms with Crippen LogP contribution in [0.5, 0.6) is 0 Å². The molecule has 1 saturated carbocycles. The fourth-order valence-electron chi connectivity index (χ4n) is 2.02. The summed E-state index contributed by atoms with van der Waals surface area (Å²) in [6.45, 7) is 0. The lowest BCUT2D eigenvalue weighted by Gasteiger charge is -2.11. The molecule has 0 spiro atoms. The molecule has 110 valence electrons. The minimum Gasteiger partial charge on any atom is -0.357 e. The van der Waals surface area contributed by atoms with Gasteiger partial charge in [0.1, 0.15) is 17.3 Å². The Morgan fingerprint density at radius 3 is 2.29 bits per heavy atom. The summed E-state index contributed by atoms with van der Waals surface area (Å²) in [5.74, 6) is -1.99. The first-order valence-corrected chi connectivity index (χ1v) is 6.55. The Labute approximate surface area is 119 Å². The molecule has 3 rings (SSSR count). The van der Waals surface area contributed by atoms with Crippen molar-refractivity contribution in [3.05, 3.63) is 41.3 Å². The maximum atomic E-state index is 13.6. The van der Waals surface area contributed by atoms with Crippen molar-refractivity contribution in [2.75, 3.05) is 17.7 Å². The van der Waals surface area contributed by atoms with Crippen LogP contribution < -0.4 is 10.6 Å². The maximum absolute atomic E-state index is 13.6. The molecule has 7 heteroatoms. The molecule has 1 fully saturated rings. The van der Waals surface area contributed by atoms with Crippen LogP contribution in [0.3, 0.4) is 0 Å². The first-order chi connectivity index (χ1) is 10.1. The van der Waals surface area contributed by atoms with Gasteiger partial charge in [0.15, 0.2) is 11.6 Å². The van der Waals surface area contributed by atoms with Crippen LogP contribution in [0, 0.1) is 17.5 Å². The highest BCUT2D eigenvalue weighted by Gasteiger charge is 2.26. The van der Waals surface area contributed by atoms with Gasteiger partial charge in [0, 0.05) is 31.2 Å². The summed E-state index contributed by atoms with van der Waals surface area (Å²) in [5.41, 5.74) is 0.388. The Balaban J connectivity index is 1.96. The third kappa shape index (κ3) is 2.91. The van der Waals surface area contributed by atoms with Crippen LogP contribution in [0.2, 0.25) is 0 Å². The van der Waals surface area contributed by atoms with E-state index < -0.39 is 23.1 Å². The maximum Gasteiger partial charge on any atom is 0.224 e. The summed E-state index contributed by atoms with van der Waals surface area (Å²) in [7, 11) is 1.66. The summed E-state index contributed by atoms with van der Waals surface area (Å²) in [4.78, 5) is 8.41. The molecule has 1 heterocycles. The molecule has 0 saturated heterocycles. The molecular weight excluding hydrogens is 281 g/mol. The van der Waals surface area contributed by atoms with Crippen molar-refractivity contribution in [1.82, 2.24) is 9.97 Å². The van der Waals surface area contributed by atoms with E-state index in [9.17, 15) is 13.2 Å². The van der Waals surface area contributed by atoms with E-state index in [1.807, 2.05) is 0 Å². The van der Waals surface area contributed by atoms with Gasteiger partial charge in [-0.3, -0.25) is 0 Å². The van der Waals surface area contributed by atoms with Crippen LogP contribution in [0.25, 0.3) is 0 Å². The number of hydrogen-bond donors (Lipinski definition) is 2. The highest BCUT2D eigenvalue weighted by molar-refractivity contribution is 5.59. The van der Waals surface area contributed by atoms with Crippen LogP contribution in [-0.2, 0) is 0 Å².